The van der Waals surface area contributed by atoms with Gasteiger partial charge in [-0.15, -0.1) is 0 Å². The van der Waals surface area contributed by atoms with Crippen LogP contribution in [0.3, 0.4) is 0 Å². The summed E-state index contributed by atoms with van der Waals surface area (Å²) in [6.07, 6.45) is 2.28. The van der Waals surface area contributed by atoms with E-state index in [1.54, 1.807) is 66.7 Å². The van der Waals surface area contributed by atoms with Crippen LogP contribution in [-0.2, 0) is 24.6 Å². The van der Waals surface area contributed by atoms with E-state index in [4.69, 9.17) is 44.3 Å². The third-order valence-corrected chi connectivity index (χ3v) is 12.5. The van der Waals surface area contributed by atoms with Crippen molar-refractivity contribution in [2.75, 3.05) is 24.5 Å². The highest BCUT2D eigenvalue weighted by Gasteiger charge is 2.70. The quantitative estimate of drug-likeness (QED) is 0.143. The summed E-state index contributed by atoms with van der Waals surface area (Å²) in [7, 11) is 2.96. The van der Waals surface area contributed by atoms with Gasteiger partial charge in [-0.1, -0.05) is 70.7 Å². The normalized spacial score (nSPS) is 26.0. The van der Waals surface area contributed by atoms with Crippen molar-refractivity contribution in [3.05, 3.63) is 122 Å². The minimum atomic E-state index is -1.57. The van der Waals surface area contributed by atoms with Crippen LogP contribution in [0.5, 0.6) is 17.2 Å². The number of amides is 4. The van der Waals surface area contributed by atoms with Crippen LogP contribution in [0.15, 0.2) is 90.5 Å². The Morgan fingerprint density at radius 2 is 1.57 bits per heavy atom. The van der Waals surface area contributed by atoms with Gasteiger partial charge in [0, 0.05) is 16.0 Å². The van der Waals surface area contributed by atoms with E-state index >= 15 is 4.79 Å². The van der Waals surface area contributed by atoms with Gasteiger partial charge in [0.05, 0.1) is 53.8 Å². The summed E-state index contributed by atoms with van der Waals surface area (Å²) in [5.41, 5.74) is 4.75. The number of allylic oxidation sites excluding steroid dienone is 2. The first-order chi connectivity index (χ1) is 25.9. The number of hydrogen-bond acceptors (Lipinski definition) is 8. The number of nitrogens with zero attached hydrogens (tertiary/aromatic N) is 2. The molecule has 0 spiro atoms. The number of ether oxygens (including phenoxy) is 2. The zero-order valence-corrected chi connectivity index (χ0v) is 31.6. The van der Waals surface area contributed by atoms with Crippen LogP contribution < -0.4 is 19.8 Å². The number of halogens is 3. The molecule has 0 radical (unpaired) electrons. The third-order valence-electron chi connectivity index (χ3n) is 11.5. The van der Waals surface area contributed by atoms with Crippen LogP contribution in [0, 0.1) is 30.6 Å². The Bertz CT molecular complexity index is 2300. The number of phenolic OH excluding ortho intramolecular Hbond substituents is 1. The van der Waals surface area contributed by atoms with E-state index in [1.165, 1.54) is 31.3 Å². The number of anilines is 2. The van der Waals surface area contributed by atoms with Gasteiger partial charge in [-0.3, -0.25) is 24.6 Å². The van der Waals surface area contributed by atoms with Gasteiger partial charge < -0.3 is 14.6 Å². The number of methoxy groups -OCH3 is 2. The molecule has 4 aromatic carbocycles. The van der Waals surface area contributed by atoms with Gasteiger partial charge in [0.15, 0.2) is 11.5 Å². The van der Waals surface area contributed by atoms with Gasteiger partial charge in [0.1, 0.15) is 5.75 Å². The van der Waals surface area contributed by atoms with Crippen LogP contribution in [0.1, 0.15) is 35.4 Å². The van der Waals surface area contributed by atoms with E-state index in [9.17, 15) is 19.5 Å². The second-order valence-corrected chi connectivity index (χ2v) is 15.3. The number of hydrazine groups is 1. The van der Waals surface area contributed by atoms with E-state index in [-0.39, 0.29) is 46.9 Å². The third kappa shape index (κ3) is 5.29. The zero-order chi connectivity index (χ0) is 38.2. The van der Waals surface area contributed by atoms with Crippen molar-refractivity contribution in [2.24, 2.45) is 23.7 Å². The first-order valence-corrected chi connectivity index (χ1v) is 18.5. The molecule has 0 aromatic heterocycles. The molecular formula is C41H34Cl3N3O7. The fraction of sp³-hybridized carbons (Fsp3) is 0.268. The molecule has 2 N–H and O–H groups in total. The molecule has 13 heteroatoms. The minimum absolute atomic E-state index is 0.0867. The summed E-state index contributed by atoms with van der Waals surface area (Å²) in [6, 6.07) is 21.6. The van der Waals surface area contributed by atoms with E-state index < -0.39 is 46.8 Å². The number of phenols is 1. The van der Waals surface area contributed by atoms with Gasteiger partial charge in [-0.05, 0) is 97.0 Å². The molecule has 8 rings (SSSR count). The highest BCUT2D eigenvalue weighted by Crippen LogP contribution is 2.64. The van der Waals surface area contributed by atoms with Crippen molar-refractivity contribution in [2.45, 2.75) is 31.1 Å². The van der Waals surface area contributed by atoms with Gasteiger partial charge in [-0.25, -0.2) is 4.90 Å². The molecule has 3 fully saturated rings. The molecule has 2 saturated heterocycles. The van der Waals surface area contributed by atoms with Gasteiger partial charge in [-0.2, -0.15) is 5.01 Å². The largest absolute Gasteiger partial charge is 0.504 e. The standard InChI is InChI=1S/C41H34Cl3N3O7/c1-20-4-9-24(18-30(20)43)46-37(49)27-13-12-26-28(35(27)39(46)51)19-29-38(50)47(45-32-14-8-23(42)17-31(32)44)40(52)41(29,22-6-10-25(53-2)11-7-22)36(26)21-5-15-33(48)34(16-21)54-3/h4-12,14-18,27-29,35-36,45,48H,13,19H2,1-3H3. The van der Waals surface area contributed by atoms with Crippen LogP contribution in [0.2, 0.25) is 15.1 Å². The number of carbonyl (C=O) groups excluding carboxylic acids is 4. The summed E-state index contributed by atoms with van der Waals surface area (Å²) in [5.74, 6) is -5.18. The SMILES string of the molecule is COc1ccc(C23C(=O)N(Nc4ccc(Cl)cc4Cl)C(=O)C2CC2C(=CCC4C(=O)N(c5ccc(C)c(Cl)c5)C(=O)C42)C3c2ccc(O)c(OC)c2)cc1. The molecule has 6 atom stereocenters. The summed E-state index contributed by atoms with van der Waals surface area (Å²) in [5, 5.41) is 12.7. The predicted octanol–water partition coefficient (Wildman–Crippen LogP) is 7.87. The molecule has 1 saturated carbocycles. The summed E-state index contributed by atoms with van der Waals surface area (Å²) >= 11 is 19.2. The summed E-state index contributed by atoms with van der Waals surface area (Å²) < 4.78 is 11.0. The average Bonchev–Trinajstić information content (AvgIpc) is 3.54. The van der Waals surface area contributed by atoms with Crippen molar-refractivity contribution < 1.29 is 33.8 Å². The Kier molecular flexibility index (Phi) is 8.91. The molecule has 54 heavy (non-hydrogen) atoms. The number of benzene rings is 4. The number of carbonyl (C=O) groups is 4. The fourth-order valence-corrected chi connectivity index (χ4v) is 9.69. The Morgan fingerprint density at radius 1 is 0.815 bits per heavy atom. The maximum absolute atomic E-state index is 15.4. The number of imide groups is 2. The average molecular weight is 787 g/mol. The molecule has 4 aliphatic rings. The van der Waals surface area contributed by atoms with E-state index in [0.29, 0.717) is 32.6 Å². The molecule has 2 aliphatic carbocycles. The second-order valence-electron chi connectivity index (χ2n) is 14.1. The van der Waals surface area contributed by atoms with Crippen LogP contribution in [-0.4, -0.2) is 48.0 Å². The first kappa shape index (κ1) is 36.0. The van der Waals surface area contributed by atoms with Crippen molar-refractivity contribution in [1.29, 1.82) is 0 Å². The topological polar surface area (TPSA) is 125 Å². The number of aryl methyl sites for hydroxylation is 1. The molecule has 276 valence electrons. The van der Waals surface area contributed by atoms with Crippen LogP contribution >= 0.6 is 34.8 Å². The number of aromatic hydroxyl groups is 1. The van der Waals surface area contributed by atoms with E-state index in [2.05, 4.69) is 5.43 Å². The molecule has 10 nitrogen and oxygen atoms in total. The lowest BCUT2D eigenvalue weighted by atomic mass is 9.49. The highest BCUT2D eigenvalue weighted by atomic mass is 35.5. The number of rotatable bonds is 7. The summed E-state index contributed by atoms with van der Waals surface area (Å²) in [6.45, 7) is 1.84. The molecule has 6 unspecified atom stereocenters. The number of fused-ring (bicyclic) bond motifs is 4. The lowest BCUT2D eigenvalue weighted by Crippen LogP contribution is -2.53. The fourth-order valence-electron chi connectivity index (χ4n) is 9.07. The second kappa shape index (κ2) is 13.4. The number of nitrogens with one attached hydrogen (secondary N) is 1. The van der Waals surface area contributed by atoms with Crippen LogP contribution in [0.4, 0.5) is 11.4 Å². The predicted molar refractivity (Wildman–Crippen MR) is 204 cm³/mol. The number of hydrogen-bond donors (Lipinski definition) is 2. The van der Waals surface area contributed by atoms with Crippen LogP contribution in [0.25, 0.3) is 0 Å². The molecule has 0 bridgehead atoms. The Balaban J connectivity index is 1.33. The summed E-state index contributed by atoms with van der Waals surface area (Å²) in [4.78, 5) is 60.3. The zero-order valence-electron chi connectivity index (χ0n) is 29.3. The van der Waals surface area contributed by atoms with Gasteiger partial charge >= 0.3 is 0 Å². The minimum Gasteiger partial charge on any atom is -0.504 e. The van der Waals surface area contributed by atoms with Crippen molar-refractivity contribution >= 4 is 69.8 Å². The highest BCUT2D eigenvalue weighted by molar-refractivity contribution is 6.36. The molecule has 2 heterocycles. The maximum Gasteiger partial charge on any atom is 0.260 e. The lowest BCUT2D eigenvalue weighted by molar-refractivity contribution is -0.138. The Labute approximate surface area is 326 Å². The van der Waals surface area contributed by atoms with Gasteiger partial charge in [0.25, 0.3) is 11.8 Å². The van der Waals surface area contributed by atoms with Crippen molar-refractivity contribution in [1.82, 2.24) is 5.01 Å². The monoisotopic (exact) mass is 785 g/mol. The molecule has 4 aromatic rings. The molecule has 4 amide bonds. The Hall–Kier alpha value is -5.03. The van der Waals surface area contributed by atoms with E-state index in [0.717, 1.165) is 16.1 Å². The maximum atomic E-state index is 15.4. The molecular weight excluding hydrogens is 753 g/mol. The smallest absolute Gasteiger partial charge is 0.260 e. The van der Waals surface area contributed by atoms with Gasteiger partial charge in [0.2, 0.25) is 11.8 Å². The van der Waals surface area contributed by atoms with E-state index in [1.807, 2.05) is 13.0 Å². The van der Waals surface area contributed by atoms with Crippen molar-refractivity contribution in [3.8, 4) is 17.2 Å². The van der Waals surface area contributed by atoms with Crippen molar-refractivity contribution in [3.63, 3.8) is 0 Å². The lowest BCUT2D eigenvalue weighted by Gasteiger charge is -2.50. The Morgan fingerprint density at radius 3 is 2.26 bits per heavy atom. The first-order valence-electron chi connectivity index (χ1n) is 17.4. The molecule has 2 aliphatic heterocycles.